The molecule has 2 aromatic carbocycles. The van der Waals surface area contributed by atoms with Crippen molar-refractivity contribution >= 4 is 0 Å². The van der Waals surface area contributed by atoms with Crippen LogP contribution in [0, 0.1) is 5.82 Å². The number of aromatic nitrogens is 2. The largest absolute Gasteiger partial charge is 0.497 e. The molecule has 0 bridgehead atoms. The summed E-state index contributed by atoms with van der Waals surface area (Å²) in [4.78, 5) is 0. The predicted octanol–water partition coefficient (Wildman–Crippen LogP) is 3.58. The van der Waals surface area contributed by atoms with Crippen molar-refractivity contribution in [2.75, 3.05) is 7.11 Å². The van der Waals surface area contributed by atoms with Crippen LogP contribution < -0.4 is 9.30 Å². The van der Waals surface area contributed by atoms with Gasteiger partial charge in [-0.3, -0.25) is 0 Å². The number of imidazole rings is 1. The number of hydrogen-bond donors (Lipinski definition) is 0. The van der Waals surface area contributed by atoms with Crippen molar-refractivity contribution < 1.29 is 13.7 Å². The Morgan fingerprint density at radius 1 is 1.08 bits per heavy atom. The lowest BCUT2D eigenvalue weighted by Gasteiger charge is -2.01. The van der Waals surface area contributed by atoms with E-state index in [0.29, 0.717) is 0 Å². The molecule has 3 aromatic rings. The van der Waals surface area contributed by atoms with Crippen molar-refractivity contribution in [1.29, 1.82) is 0 Å². The number of methoxy groups -OCH3 is 1. The van der Waals surface area contributed by atoms with Crippen molar-refractivity contribution in [1.82, 2.24) is 4.57 Å². The van der Waals surface area contributed by atoms with E-state index in [4.69, 9.17) is 4.74 Å². The quantitative estimate of drug-likeness (QED) is 0.671. The van der Waals surface area contributed by atoms with Crippen molar-refractivity contribution in [2.45, 2.75) is 25.9 Å². The van der Waals surface area contributed by atoms with E-state index in [1.54, 1.807) is 7.11 Å². The van der Waals surface area contributed by atoms with Crippen LogP contribution in [-0.2, 0) is 19.5 Å². The van der Waals surface area contributed by atoms with Crippen LogP contribution in [0.25, 0.3) is 11.3 Å². The number of fused-ring (bicyclic) bond motifs is 1. The zero-order valence-electron chi connectivity index (χ0n) is 13.7. The normalized spacial score (nSPS) is 13.1. The topological polar surface area (TPSA) is 18.0 Å². The summed E-state index contributed by atoms with van der Waals surface area (Å²) in [5.74, 6) is 2.01. The molecule has 0 amide bonds. The van der Waals surface area contributed by atoms with Crippen LogP contribution in [0.3, 0.4) is 0 Å². The molecule has 1 aliphatic rings. The predicted molar refractivity (Wildman–Crippen MR) is 90.4 cm³/mol. The third kappa shape index (κ3) is 2.68. The maximum Gasteiger partial charge on any atom is 0.257 e. The Morgan fingerprint density at radius 2 is 1.83 bits per heavy atom. The van der Waals surface area contributed by atoms with Gasteiger partial charge in [-0.15, -0.1) is 0 Å². The van der Waals surface area contributed by atoms with Crippen LogP contribution in [0.1, 0.15) is 17.8 Å². The fraction of sp³-hybridized carbons (Fsp3) is 0.250. The van der Waals surface area contributed by atoms with Gasteiger partial charge >= 0.3 is 0 Å². The lowest BCUT2D eigenvalue weighted by Crippen LogP contribution is -2.36. The summed E-state index contributed by atoms with van der Waals surface area (Å²) in [6, 6.07) is 14.9. The molecule has 0 N–H and O–H groups in total. The Morgan fingerprint density at radius 3 is 2.54 bits per heavy atom. The Labute approximate surface area is 140 Å². The molecular weight excluding hydrogens is 303 g/mol. The van der Waals surface area contributed by atoms with Crippen LogP contribution in [0.15, 0.2) is 54.7 Å². The Balaban J connectivity index is 1.70. The molecule has 3 nitrogen and oxygen atoms in total. The van der Waals surface area contributed by atoms with Crippen molar-refractivity contribution in [3.63, 3.8) is 0 Å². The standard InChI is InChI=1S/C20H20FN2O/c1-24-18-10-6-16(7-11-18)19-14-22(20-3-2-12-23(19)20)13-15-4-8-17(21)9-5-15/h4-11,14H,2-3,12-13H2,1H3/q+1. The van der Waals surface area contributed by atoms with Gasteiger partial charge in [0.05, 0.1) is 20.1 Å². The van der Waals surface area contributed by atoms with Crippen LogP contribution in [0.2, 0.25) is 0 Å². The molecule has 0 radical (unpaired) electrons. The molecule has 0 saturated heterocycles. The number of rotatable bonds is 4. The summed E-state index contributed by atoms with van der Waals surface area (Å²) in [6.07, 6.45) is 4.46. The van der Waals surface area contributed by atoms with Crippen molar-refractivity contribution in [2.24, 2.45) is 0 Å². The number of nitrogens with zero attached hydrogens (tertiary/aromatic N) is 2. The maximum atomic E-state index is 13.1. The first kappa shape index (κ1) is 14.9. The molecule has 4 rings (SSSR count). The first-order valence-corrected chi connectivity index (χ1v) is 8.25. The number of hydrogen-bond acceptors (Lipinski definition) is 1. The van der Waals surface area contributed by atoms with Crippen LogP contribution in [0.5, 0.6) is 5.75 Å². The highest BCUT2D eigenvalue weighted by Crippen LogP contribution is 2.26. The molecule has 1 aliphatic heterocycles. The van der Waals surface area contributed by atoms with E-state index in [2.05, 4.69) is 27.5 Å². The highest BCUT2D eigenvalue weighted by atomic mass is 19.1. The summed E-state index contributed by atoms with van der Waals surface area (Å²) < 4.78 is 23.0. The van der Waals surface area contributed by atoms with E-state index in [1.807, 2.05) is 24.3 Å². The van der Waals surface area contributed by atoms with Gasteiger partial charge in [0.2, 0.25) is 0 Å². The Bertz CT molecular complexity index is 851. The second-order valence-corrected chi connectivity index (χ2v) is 6.17. The molecule has 122 valence electrons. The van der Waals surface area contributed by atoms with Gasteiger partial charge in [0.1, 0.15) is 24.3 Å². The third-order valence-corrected chi connectivity index (χ3v) is 4.65. The van der Waals surface area contributed by atoms with E-state index >= 15 is 0 Å². The second-order valence-electron chi connectivity index (χ2n) is 6.17. The highest BCUT2D eigenvalue weighted by molar-refractivity contribution is 5.59. The van der Waals surface area contributed by atoms with Gasteiger partial charge in [-0.25, -0.2) is 13.5 Å². The molecule has 24 heavy (non-hydrogen) atoms. The van der Waals surface area contributed by atoms with E-state index in [-0.39, 0.29) is 5.82 Å². The summed E-state index contributed by atoms with van der Waals surface area (Å²) in [7, 11) is 1.68. The van der Waals surface area contributed by atoms with Gasteiger partial charge in [-0.1, -0.05) is 12.1 Å². The minimum absolute atomic E-state index is 0.190. The summed E-state index contributed by atoms with van der Waals surface area (Å²) >= 11 is 0. The van der Waals surface area contributed by atoms with Crippen molar-refractivity contribution in [3.8, 4) is 17.0 Å². The van der Waals surface area contributed by atoms with Gasteiger partial charge in [0.15, 0.2) is 5.69 Å². The molecule has 0 unspecified atom stereocenters. The minimum atomic E-state index is -0.190. The van der Waals surface area contributed by atoms with E-state index in [1.165, 1.54) is 35.6 Å². The molecule has 0 atom stereocenters. The van der Waals surface area contributed by atoms with Crippen LogP contribution >= 0.6 is 0 Å². The first-order valence-electron chi connectivity index (χ1n) is 8.25. The third-order valence-electron chi connectivity index (χ3n) is 4.65. The van der Waals surface area contributed by atoms with Gasteiger partial charge in [0, 0.05) is 5.56 Å². The zero-order chi connectivity index (χ0) is 16.5. The molecule has 4 heteroatoms. The molecular formula is C20H20FN2O+. The van der Waals surface area contributed by atoms with Gasteiger partial charge < -0.3 is 4.74 Å². The van der Waals surface area contributed by atoms with E-state index in [9.17, 15) is 4.39 Å². The summed E-state index contributed by atoms with van der Waals surface area (Å²) in [5.41, 5.74) is 3.53. The first-order chi connectivity index (χ1) is 11.7. The molecule has 1 aromatic heterocycles. The summed E-state index contributed by atoms with van der Waals surface area (Å²) in [6.45, 7) is 1.82. The smallest absolute Gasteiger partial charge is 0.257 e. The monoisotopic (exact) mass is 323 g/mol. The Hall–Kier alpha value is -2.62. The molecule has 0 fully saturated rings. The van der Waals surface area contributed by atoms with E-state index in [0.717, 1.165) is 30.8 Å². The fourth-order valence-electron chi connectivity index (χ4n) is 3.42. The second kappa shape index (κ2) is 6.11. The SMILES string of the molecule is COc1ccc(-c2c[n+](Cc3ccc(F)cc3)c3n2CCC3)cc1. The highest BCUT2D eigenvalue weighted by Gasteiger charge is 2.28. The number of halogens is 1. The summed E-state index contributed by atoms with van der Waals surface area (Å²) in [5, 5.41) is 0. The molecule has 2 heterocycles. The van der Waals surface area contributed by atoms with Gasteiger partial charge in [0.25, 0.3) is 5.82 Å². The maximum absolute atomic E-state index is 13.1. The van der Waals surface area contributed by atoms with Crippen LogP contribution in [-0.4, -0.2) is 11.7 Å². The lowest BCUT2D eigenvalue weighted by molar-refractivity contribution is -0.694. The molecule has 0 aliphatic carbocycles. The van der Waals surface area contributed by atoms with Gasteiger partial charge in [-0.05, 0) is 48.4 Å². The lowest BCUT2D eigenvalue weighted by atomic mass is 10.1. The zero-order valence-corrected chi connectivity index (χ0v) is 13.7. The average Bonchev–Trinajstić information content (AvgIpc) is 3.21. The Kier molecular flexibility index (Phi) is 3.81. The number of benzene rings is 2. The molecule has 0 spiro atoms. The van der Waals surface area contributed by atoms with Crippen molar-refractivity contribution in [3.05, 3.63) is 71.9 Å². The minimum Gasteiger partial charge on any atom is -0.497 e. The van der Waals surface area contributed by atoms with Crippen LogP contribution in [0.4, 0.5) is 4.39 Å². The van der Waals surface area contributed by atoms with E-state index < -0.39 is 0 Å². The number of ether oxygens (including phenoxy) is 1. The molecule has 0 saturated carbocycles. The fourth-order valence-corrected chi connectivity index (χ4v) is 3.42. The van der Waals surface area contributed by atoms with Gasteiger partial charge in [-0.2, -0.15) is 0 Å². The average molecular weight is 323 g/mol.